The zero-order valence-electron chi connectivity index (χ0n) is 10.2. The molecule has 0 aliphatic rings. The highest BCUT2D eigenvalue weighted by Crippen LogP contribution is 2.19. The molecule has 0 spiro atoms. The van der Waals surface area contributed by atoms with Gasteiger partial charge in [-0.2, -0.15) is 0 Å². The number of halogens is 1. The van der Waals surface area contributed by atoms with Gasteiger partial charge in [-0.3, -0.25) is 0 Å². The summed E-state index contributed by atoms with van der Waals surface area (Å²) in [5, 5.41) is 11.9. The van der Waals surface area contributed by atoms with Crippen LogP contribution in [0.15, 0.2) is 18.2 Å². The van der Waals surface area contributed by atoms with Crippen LogP contribution in [0.3, 0.4) is 0 Å². The van der Waals surface area contributed by atoms with Crippen LogP contribution in [-0.4, -0.2) is 17.6 Å². The Kier molecular flexibility index (Phi) is 4.94. The molecule has 94 valence electrons. The van der Waals surface area contributed by atoms with Gasteiger partial charge in [-0.05, 0) is 30.9 Å². The molecule has 0 saturated heterocycles. The molecule has 0 saturated carbocycles. The van der Waals surface area contributed by atoms with Crippen molar-refractivity contribution in [2.45, 2.75) is 26.7 Å². The van der Waals surface area contributed by atoms with Gasteiger partial charge in [0.2, 0.25) is 0 Å². The monoisotopic (exact) mass is 239 g/mol. The van der Waals surface area contributed by atoms with Crippen LogP contribution in [0.5, 0.6) is 0 Å². The maximum atomic E-state index is 13.3. The molecule has 0 amide bonds. The molecule has 0 aliphatic carbocycles. The Labute approximate surface area is 101 Å². The number of carboxylic acid groups (broad SMARTS) is 1. The molecule has 3 nitrogen and oxygen atoms in total. The fourth-order valence-corrected chi connectivity index (χ4v) is 1.62. The van der Waals surface area contributed by atoms with Gasteiger partial charge in [0.1, 0.15) is 11.4 Å². The van der Waals surface area contributed by atoms with E-state index in [0.29, 0.717) is 18.2 Å². The molecule has 2 N–H and O–H groups in total. The Morgan fingerprint density at radius 2 is 2.18 bits per heavy atom. The van der Waals surface area contributed by atoms with Crippen molar-refractivity contribution in [3.05, 3.63) is 29.6 Å². The lowest BCUT2D eigenvalue weighted by atomic mass is 10.1. The van der Waals surface area contributed by atoms with E-state index in [0.717, 1.165) is 18.9 Å². The standard InChI is InChI=1S/C13H18FNO2/c1-9(2)5-4-8-15-11-7-3-6-10(14)12(11)13(16)17/h3,6-7,9,15H,4-5,8H2,1-2H3,(H,16,17). The highest BCUT2D eigenvalue weighted by molar-refractivity contribution is 5.94. The van der Waals surface area contributed by atoms with Crippen LogP contribution in [-0.2, 0) is 0 Å². The summed E-state index contributed by atoms with van der Waals surface area (Å²) in [6.45, 7) is 4.91. The van der Waals surface area contributed by atoms with Gasteiger partial charge in [-0.15, -0.1) is 0 Å². The van der Waals surface area contributed by atoms with Crippen molar-refractivity contribution in [1.29, 1.82) is 0 Å². The number of carbonyl (C=O) groups is 1. The number of anilines is 1. The van der Waals surface area contributed by atoms with Gasteiger partial charge >= 0.3 is 5.97 Å². The van der Waals surface area contributed by atoms with Crippen LogP contribution in [0.4, 0.5) is 10.1 Å². The number of carboxylic acids is 1. The highest BCUT2D eigenvalue weighted by Gasteiger charge is 2.14. The summed E-state index contributed by atoms with van der Waals surface area (Å²) in [6, 6.07) is 4.25. The first kappa shape index (κ1) is 13.5. The summed E-state index contributed by atoms with van der Waals surface area (Å²) in [6.07, 6.45) is 2.00. The Morgan fingerprint density at radius 1 is 1.47 bits per heavy atom. The molecule has 0 aromatic heterocycles. The fraction of sp³-hybridized carbons (Fsp3) is 0.462. The molecule has 1 aromatic rings. The molecular formula is C13H18FNO2. The number of rotatable bonds is 6. The second kappa shape index (κ2) is 6.23. The molecule has 0 heterocycles. The minimum Gasteiger partial charge on any atom is -0.478 e. The third-order valence-corrected chi connectivity index (χ3v) is 2.50. The Hall–Kier alpha value is -1.58. The average molecular weight is 239 g/mol. The maximum absolute atomic E-state index is 13.3. The van der Waals surface area contributed by atoms with Crippen LogP contribution in [0, 0.1) is 11.7 Å². The molecule has 0 unspecified atom stereocenters. The molecule has 0 aliphatic heterocycles. The lowest BCUT2D eigenvalue weighted by Gasteiger charge is -2.10. The van der Waals surface area contributed by atoms with Gasteiger partial charge in [0.25, 0.3) is 0 Å². The summed E-state index contributed by atoms with van der Waals surface area (Å²) < 4.78 is 13.3. The third-order valence-electron chi connectivity index (χ3n) is 2.50. The quantitative estimate of drug-likeness (QED) is 0.748. The van der Waals surface area contributed by atoms with Crippen molar-refractivity contribution >= 4 is 11.7 Å². The number of nitrogens with one attached hydrogen (secondary N) is 1. The number of hydrogen-bond acceptors (Lipinski definition) is 2. The molecule has 4 heteroatoms. The van der Waals surface area contributed by atoms with Crippen LogP contribution >= 0.6 is 0 Å². The van der Waals surface area contributed by atoms with E-state index in [9.17, 15) is 9.18 Å². The summed E-state index contributed by atoms with van der Waals surface area (Å²) >= 11 is 0. The van der Waals surface area contributed by atoms with Gasteiger partial charge in [0, 0.05) is 6.54 Å². The zero-order valence-corrected chi connectivity index (χ0v) is 10.2. The minimum atomic E-state index is -1.24. The zero-order chi connectivity index (χ0) is 12.8. The topological polar surface area (TPSA) is 49.3 Å². The van der Waals surface area contributed by atoms with E-state index >= 15 is 0 Å². The second-order valence-corrected chi connectivity index (χ2v) is 4.43. The largest absolute Gasteiger partial charge is 0.478 e. The number of benzene rings is 1. The predicted molar refractivity (Wildman–Crippen MR) is 65.9 cm³/mol. The van der Waals surface area contributed by atoms with Crippen molar-refractivity contribution in [2.75, 3.05) is 11.9 Å². The Balaban J connectivity index is 2.64. The normalized spacial score (nSPS) is 10.6. The Morgan fingerprint density at radius 3 is 2.76 bits per heavy atom. The van der Waals surface area contributed by atoms with E-state index in [1.807, 2.05) is 0 Å². The maximum Gasteiger partial charge on any atom is 0.340 e. The highest BCUT2D eigenvalue weighted by atomic mass is 19.1. The molecule has 0 radical (unpaired) electrons. The van der Waals surface area contributed by atoms with Crippen molar-refractivity contribution in [1.82, 2.24) is 0 Å². The van der Waals surface area contributed by atoms with Crippen LogP contribution in [0.1, 0.15) is 37.0 Å². The van der Waals surface area contributed by atoms with E-state index in [4.69, 9.17) is 5.11 Å². The SMILES string of the molecule is CC(C)CCCNc1cccc(F)c1C(=O)O. The van der Waals surface area contributed by atoms with Crippen molar-refractivity contribution in [3.63, 3.8) is 0 Å². The summed E-state index contributed by atoms with van der Waals surface area (Å²) in [5.74, 6) is -1.33. The third kappa shape index (κ3) is 4.06. The van der Waals surface area contributed by atoms with Gasteiger partial charge in [-0.1, -0.05) is 19.9 Å². The van der Waals surface area contributed by atoms with Crippen molar-refractivity contribution in [3.8, 4) is 0 Å². The van der Waals surface area contributed by atoms with Crippen LogP contribution in [0.2, 0.25) is 0 Å². The van der Waals surface area contributed by atoms with Gasteiger partial charge in [-0.25, -0.2) is 9.18 Å². The van der Waals surface area contributed by atoms with Gasteiger partial charge in [0.05, 0.1) is 5.69 Å². The second-order valence-electron chi connectivity index (χ2n) is 4.43. The summed E-state index contributed by atoms with van der Waals surface area (Å²) in [5.41, 5.74) is 0.0679. The molecule has 0 atom stereocenters. The van der Waals surface area contributed by atoms with E-state index < -0.39 is 11.8 Å². The molecule has 0 bridgehead atoms. The molecule has 17 heavy (non-hydrogen) atoms. The molecule has 1 aromatic carbocycles. The molecule has 1 rings (SSSR count). The molecule has 0 fully saturated rings. The Bertz CT molecular complexity index is 391. The average Bonchev–Trinajstić information content (AvgIpc) is 2.23. The van der Waals surface area contributed by atoms with Gasteiger partial charge in [0.15, 0.2) is 0 Å². The number of hydrogen-bond donors (Lipinski definition) is 2. The minimum absolute atomic E-state index is 0.281. The van der Waals surface area contributed by atoms with E-state index in [1.165, 1.54) is 6.07 Å². The first-order valence-electron chi connectivity index (χ1n) is 5.78. The van der Waals surface area contributed by atoms with Gasteiger partial charge < -0.3 is 10.4 Å². The smallest absolute Gasteiger partial charge is 0.340 e. The van der Waals surface area contributed by atoms with Crippen molar-refractivity contribution < 1.29 is 14.3 Å². The lowest BCUT2D eigenvalue weighted by Crippen LogP contribution is -2.10. The van der Waals surface area contributed by atoms with E-state index in [1.54, 1.807) is 6.07 Å². The van der Waals surface area contributed by atoms with E-state index in [-0.39, 0.29) is 5.56 Å². The first-order chi connectivity index (χ1) is 8.02. The van der Waals surface area contributed by atoms with E-state index in [2.05, 4.69) is 19.2 Å². The lowest BCUT2D eigenvalue weighted by molar-refractivity contribution is 0.0693. The molecular weight excluding hydrogens is 221 g/mol. The van der Waals surface area contributed by atoms with Crippen LogP contribution in [0.25, 0.3) is 0 Å². The van der Waals surface area contributed by atoms with Crippen molar-refractivity contribution in [2.24, 2.45) is 5.92 Å². The van der Waals surface area contributed by atoms with Crippen LogP contribution < -0.4 is 5.32 Å². The predicted octanol–water partition coefficient (Wildman–Crippen LogP) is 3.37. The first-order valence-corrected chi connectivity index (χ1v) is 5.78. The fourth-order valence-electron chi connectivity index (χ4n) is 1.62. The summed E-state index contributed by atoms with van der Waals surface area (Å²) in [4.78, 5) is 10.9. The number of aromatic carboxylic acids is 1. The summed E-state index contributed by atoms with van der Waals surface area (Å²) in [7, 11) is 0.